The number of rotatable bonds is 15. The number of fused-ring (bicyclic) bond motifs is 2. The summed E-state index contributed by atoms with van der Waals surface area (Å²) in [6, 6.07) is 9.13. The molecule has 2 saturated heterocycles. The Morgan fingerprint density at radius 3 is 2.21 bits per heavy atom. The molecule has 61 heavy (non-hydrogen) atoms. The van der Waals surface area contributed by atoms with E-state index in [0.717, 1.165) is 73.4 Å². The summed E-state index contributed by atoms with van der Waals surface area (Å²) in [4.78, 5) is 58.6. The number of hydrogen-bond donors (Lipinski definition) is 5. The van der Waals surface area contributed by atoms with Gasteiger partial charge in [-0.2, -0.15) is 0 Å². The second-order valence-corrected chi connectivity index (χ2v) is 17.5. The largest absolute Gasteiger partial charge is 0.352 e. The molecule has 4 aromatic rings. The molecule has 13 nitrogen and oxygen atoms in total. The lowest BCUT2D eigenvalue weighted by molar-refractivity contribution is -0.134. The van der Waals surface area contributed by atoms with E-state index < -0.39 is 0 Å². The standard InChI is InChI=1S/C32H38F2N6O2.C10H22N2O.C4H9NO/c1-3-6-26(35-2)32(42)39-14-5-7-22(39)17-25-24-11-9-20(33)15-27(24)36-30(25)31-37-28-16-21(34)10-12-29(28)40(31)18-23-8-4-13-38(23)19-41;1-7(11-6)9(13)12-8(2)10(3,4)5;1-4(3-6)5-2/h9-12,15-16,19,22-23,26,35-36H,3-8,13-14,17-18H2,1-2H3;7-8,11H,1-6H3,(H,12,13);3-5H,1-2H3. The molecule has 2 fully saturated rings. The highest BCUT2D eigenvalue weighted by Gasteiger charge is 2.34. The van der Waals surface area contributed by atoms with Crippen LogP contribution in [0.2, 0.25) is 0 Å². The van der Waals surface area contributed by atoms with Crippen molar-refractivity contribution in [1.29, 1.82) is 0 Å². The number of aromatic nitrogens is 3. The average Bonchev–Trinajstić information content (AvgIpc) is 4.05. The quantitative estimate of drug-likeness (QED) is 0.0921. The molecule has 0 bridgehead atoms. The van der Waals surface area contributed by atoms with Gasteiger partial charge in [0.05, 0.1) is 34.9 Å². The fourth-order valence-electron chi connectivity index (χ4n) is 7.72. The lowest BCUT2D eigenvalue weighted by Crippen LogP contribution is -2.48. The number of halogens is 2. The Labute approximate surface area is 360 Å². The third-order valence-corrected chi connectivity index (χ3v) is 12.2. The first-order valence-corrected chi connectivity index (χ1v) is 21.8. The van der Waals surface area contributed by atoms with Crippen LogP contribution in [0.3, 0.4) is 0 Å². The van der Waals surface area contributed by atoms with Gasteiger partial charge < -0.3 is 45.4 Å². The Kier molecular flexibility index (Phi) is 18.0. The summed E-state index contributed by atoms with van der Waals surface area (Å²) in [5, 5.41) is 12.7. The van der Waals surface area contributed by atoms with Crippen molar-refractivity contribution in [3.8, 4) is 11.5 Å². The number of benzene rings is 2. The van der Waals surface area contributed by atoms with Crippen molar-refractivity contribution in [2.45, 2.75) is 136 Å². The van der Waals surface area contributed by atoms with Gasteiger partial charge in [-0.15, -0.1) is 0 Å². The molecule has 0 radical (unpaired) electrons. The van der Waals surface area contributed by atoms with Gasteiger partial charge in [-0.3, -0.25) is 14.4 Å². The molecule has 2 aliphatic rings. The van der Waals surface area contributed by atoms with Gasteiger partial charge in [0.1, 0.15) is 17.9 Å². The van der Waals surface area contributed by atoms with Crippen LogP contribution in [-0.2, 0) is 32.1 Å². The SMILES string of the molecule is CCCC(NC)C(=O)N1CCCC1Cc1c(-c2nc3cc(F)ccc3n2CC2CCCN2C=O)[nH]c2cc(F)ccc12.CNC(C)C(=O)NC(C)C(C)(C)C.CNC(C)C=O. The maximum absolute atomic E-state index is 14.4. The minimum Gasteiger partial charge on any atom is -0.352 e. The maximum Gasteiger partial charge on any atom is 0.239 e. The molecule has 4 heterocycles. The lowest BCUT2D eigenvalue weighted by atomic mass is 9.88. The first-order valence-electron chi connectivity index (χ1n) is 21.8. The third-order valence-electron chi connectivity index (χ3n) is 12.2. The normalized spacial score (nSPS) is 18.5. The zero-order chi connectivity index (χ0) is 45.0. The van der Waals surface area contributed by atoms with Gasteiger partial charge >= 0.3 is 0 Å². The van der Waals surface area contributed by atoms with E-state index in [9.17, 15) is 28.0 Å². The number of imidazole rings is 1. The van der Waals surface area contributed by atoms with Crippen LogP contribution >= 0.6 is 0 Å². The number of carbonyl (C=O) groups is 4. The van der Waals surface area contributed by atoms with Crippen LogP contribution in [0, 0.1) is 17.0 Å². The lowest BCUT2D eigenvalue weighted by Gasteiger charge is -2.29. The number of aromatic amines is 1. The summed E-state index contributed by atoms with van der Waals surface area (Å²) in [5.41, 5.74) is 3.75. The number of nitrogens with one attached hydrogen (secondary N) is 5. The zero-order valence-electron chi connectivity index (χ0n) is 37.8. The van der Waals surface area contributed by atoms with E-state index >= 15 is 0 Å². The minimum atomic E-state index is -0.376. The highest BCUT2D eigenvalue weighted by Crippen LogP contribution is 2.36. The predicted octanol–water partition coefficient (Wildman–Crippen LogP) is 5.94. The first-order chi connectivity index (χ1) is 29.0. The van der Waals surface area contributed by atoms with Crippen molar-refractivity contribution in [2.75, 3.05) is 34.2 Å². The summed E-state index contributed by atoms with van der Waals surface area (Å²) < 4.78 is 30.8. The highest BCUT2D eigenvalue weighted by atomic mass is 19.1. The monoisotopic (exact) mass is 850 g/mol. The van der Waals surface area contributed by atoms with Gasteiger partial charge in [0.2, 0.25) is 18.2 Å². The van der Waals surface area contributed by atoms with Gasteiger partial charge in [0, 0.05) is 54.7 Å². The van der Waals surface area contributed by atoms with Crippen LogP contribution in [-0.4, -0.2) is 119 Å². The Bertz CT molecular complexity index is 2080. The molecule has 0 saturated carbocycles. The molecular weight excluding hydrogens is 781 g/mol. The second kappa shape index (κ2) is 22.4. The third kappa shape index (κ3) is 12.4. The van der Waals surface area contributed by atoms with E-state index in [1.165, 1.54) is 24.3 Å². The fourth-order valence-corrected chi connectivity index (χ4v) is 7.72. The van der Waals surface area contributed by atoms with Crippen LogP contribution in [0.15, 0.2) is 36.4 Å². The molecule has 5 N–H and O–H groups in total. The van der Waals surface area contributed by atoms with Gasteiger partial charge in [0.15, 0.2) is 5.82 Å². The number of hydrogen-bond acceptors (Lipinski definition) is 8. The highest BCUT2D eigenvalue weighted by molar-refractivity contribution is 5.92. The van der Waals surface area contributed by atoms with E-state index in [2.05, 4.69) is 58.5 Å². The smallest absolute Gasteiger partial charge is 0.239 e. The van der Waals surface area contributed by atoms with E-state index in [-0.39, 0.29) is 65.1 Å². The van der Waals surface area contributed by atoms with E-state index in [0.29, 0.717) is 42.9 Å². The molecule has 2 aromatic heterocycles. The number of amides is 3. The van der Waals surface area contributed by atoms with Crippen LogP contribution in [0.5, 0.6) is 0 Å². The van der Waals surface area contributed by atoms with Gasteiger partial charge in [-0.05, 0) is 122 Å². The summed E-state index contributed by atoms with van der Waals surface area (Å²) in [6.07, 6.45) is 7.61. The average molecular weight is 850 g/mol. The summed E-state index contributed by atoms with van der Waals surface area (Å²) in [6.45, 7) is 16.0. The van der Waals surface area contributed by atoms with E-state index in [4.69, 9.17) is 4.98 Å². The fraction of sp³-hybridized carbons (Fsp3) is 0.587. The van der Waals surface area contributed by atoms with E-state index in [1.54, 1.807) is 33.2 Å². The number of nitrogens with zero attached hydrogens (tertiary/aromatic N) is 4. The van der Waals surface area contributed by atoms with Crippen LogP contribution in [0.1, 0.15) is 92.6 Å². The molecular formula is C46H69F2N9O4. The van der Waals surface area contributed by atoms with E-state index in [1.807, 2.05) is 30.7 Å². The Morgan fingerprint density at radius 2 is 1.61 bits per heavy atom. The van der Waals surface area contributed by atoms with Crippen molar-refractivity contribution >= 4 is 46.4 Å². The first kappa shape index (κ1) is 48.9. The number of likely N-dealkylation sites (tertiary alicyclic amines) is 2. The summed E-state index contributed by atoms with van der Waals surface area (Å²) >= 11 is 0. The predicted molar refractivity (Wildman–Crippen MR) is 239 cm³/mol. The van der Waals surface area contributed by atoms with Gasteiger partial charge in [-0.1, -0.05) is 34.1 Å². The van der Waals surface area contributed by atoms with Gasteiger partial charge in [0.25, 0.3) is 0 Å². The molecule has 2 aliphatic heterocycles. The molecule has 15 heteroatoms. The van der Waals surface area contributed by atoms with Crippen molar-refractivity contribution in [3.05, 3.63) is 53.6 Å². The Balaban J connectivity index is 0.000000360. The molecule has 6 rings (SSSR count). The second-order valence-electron chi connectivity index (χ2n) is 17.5. The van der Waals surface area contributed by atoms with Crippen molar-refractivity contribution < 1.29 is 28.0 Å². The number of H-pyrrole nitrogens is 1. The minimum absolute atomic E-state index is 0.00463. The molecule has 6 unspecified atom stereocenters. The summed E-state index contributed by atoms with van der Waals surface area (Å²) in [7, 11) is 5.37. The van der Waals surface area contributed by atoms with Gasteiger partial charge in [-0.25, -0.2) is 13.8 Å². The van der Waals surface area contributed by atoms with Crippen molar-refractivity contribution in [3.63, 3.8) is 0 Å². The maximum atomic E-state index is 14.4. The number of carbonyl (C=O) groups excluding carboxylic acids is 4. The Hall–Kier alpha value is -4.73. The topological polar surface area (TPSA) is 156 Å². The molecule has 2 aromatic carbocycles. The molecule has 6 atom stereocenters. The molecule has 3 amide bonds. The molecule has 0 aliphatic carbocycles. The van der Waals surface area contributed by atoms with Crippen LogP contribution in [0.4, 0.5) is 8.78 Å². The number of likely N-dealkylation sites (N-methyl/N-ethyl adjacent to an activating group) is 3. The molecule has 0 spiro atoms. The van der Waals surface area contributed by atoms with Crippen LogP contribution < -0.4 is 21.3 Å². The van der Waals surface area contributed by atoms with Crippen LogP contribution in [0.25, 0.3) is 33.5 Å². The number of aldehydes is 1. The zero-order valence-corrected chi connectivity index (χ0v) is 37.8. The Morgan fingerprint density at radius 1 is 0.934 bits per heavy atom. The molecule has 336 valence electrons. The van der Waals surface area contributed by atoms with Crippen molar-refractivity contribution in [2.24, 2.45) is 5.41 Å². The summed E-state index contributed by atoms with van der Waals surface area (Å²) in [5.74, 6) is 0.0745. The van der Waals surface area contributed by atoms with Crippen molar-refractivity contribution in [1.82, 2.24) is 45.6 Å².